The highest BCUT2D eigenvalue weighted by Gasteiger charge is 2.27. The van der Waals surface area contributed by atoms with Crippen LogP contribution in [0.1, 0.15) is 37.5 Å². The molecule has 1 saturated heterocycles. The van der Waals surface area contributed by atoms with E-state index >= 15 is 0 Å². The fraction of sp³-hybridized carbons (Fsp3) is 0.250. The number of H-pyrrole nitrogens is 1. The van der Waals surface area contributed by atoms with E-state index in [2.05, 4.69) is 38.1 Å². The van der Waals surface area contributed by atoms with E-state index in [4.69, 9.17) is 27.9 Å². The summed E-state index contributed by atoms with van der Waals surface area (Å²) in [6, 6.07) is 7.23. The lowest BCUT2D eigenvalue weighted by Gasteiger charge is -2.40. The van der Waals surface area contributed by atoms with Gasteiger partial charge in [-0.05, 0) is 32.4 Å². The molecule has 0 spiro atoms. The molecule has 5 rings (SSSR count). The molecular weight excluding hydrogens is 478 g/mol. The SMILES string of the molecule is C[C@@H]1CCN1c1ncc(-c2n[nH]c3cc(F)c(O[C@H](C)c4c(Cl)cncc4Cl)cc23)cc1C#N. The lowest BCUT2D eigenvalue weighted by Crippen LogP contribution is -2.46. The van der Waals surface area contributed by atoms with Gasteiger partial charge in [0.1, 0.15) is 23.7 Å². The Balaban J connectivity index is 1.52. The number of halogens is 3. The molecule has 0 radical (unpaired) electrons. The number of nitrogens with one attached hydrogen (secondary N) is 1. The predicted molar refractivity (Wildman–Crippen MR) is 129 cm³/mol. The maximum absolute atomic E-state index is 14.8. The first-order valence-electron chi connectivity index (χ1n) is 10.7. The summed E-state index contributed by atoms with van der Waals surface area (Å²) in [7, 11) is 0. The molecule has 1 N–H and O–H groups in total. The smallest absolute Gasteiger partial charge is 0.167 e. The van der Waals surface area contributed by atoms with Crippen molar-refractivity contribution in [1.82, 2.24) is 20.2 Å². The average molecular weight is 497 g/mol. The second-order valence-electron chi connectivity index (χ2n) is 8.22. The molecule has 2 atom stereocenters. The number of ether oxygens (including phenoxy) is 1. The Morgan fingerprint density at radius 1 is 1.24 bits per heavy atom. The minimum atomic E-state index is -0.630. The van der Waals surface area contributed by atoms with Gasteiger partial charge in [-0.3, -0.25) is 10.1 Å². The summed E-state index contributed by atoms with van der Waals surface area (Å²) in [5.41, 5.74) is 2.66. The van der Waals surface area contributed by atoms with E-state index in [1.807, 2.05) is 0 Å². The summed E-state index contributed by atoms with van der Waals surface area (Å²) in [5.74, 6) is 0.125. The number of fused-ring (bicyclic) bond motifs is 1. The van der Waals surface area contributed by atoms with Crippen LogP contribution in [0.5, 0.6) is 5.75 Å². The molecule has 0 saturated carbocycles. The number of nitriles is 1. The van der Waals surface area contributed by atoms with E-state index in [9.17, 15) is 9.65 Å². The molecule has 1 fully saturated rings. The van der Waals surface area contributed by atoms with Crippen LogP contribution in [0.2, 0.25) is 10.0 Å². The first-order chi connectivity index (χ1) is 16.4. The molecule has 7 nitrogen and oxygen atoms in total. The average Bonchev–Trinajstić information content (AvgIpc) is 3.21. The Morgan fingerprint density at radius 3 is 2.65 bits per heavy atom. The first-order valence-corrected chi connectivity index (χ1v) is 11.4. The summed E-state index contributed by atoms with van der Waals surface area (Å²) in [5, 5.41) is 18.2. The number of rotatable bonds is 5. The maximum Gasteiger partial charge on any atom is 0.167 e. The lowest BCUT2D eigenvalue weighted by atomic mass is 10.0. The van der Waals surface area contributed by atoms with Crippen molar-refractivity contribution in [3.63, 3.8) is 0 Å². The van der Waals surface area contributed by atoms with Crippen LogP contribution < -0.4 is 9.64 Å². The van der Waals surface area contributed by atoms with Crippen LogP contribution in [0, 0.1) is 17.1 Å². The van der Waals surface area contributed by atoms with E-state index in [1.165, 1.54) is 18.5 Å². The van der Waals surface area contributed by atoms with Crippen molar-refractivity contribution in [3.8, 4) is 23.1 Å². The van der Waals surface area contributed by atoms with E-state index in [0.717, 1.165) is 13.0 Å². The number of pyridine rings is 2. The zero-order valence-electron chi connectivity index (χ0n) is 18.3. The van der Waals surface area contributed by atoms with Gasteiger partial charge in [-0.25, -0.2) is 9.37 Å². The molecule has 3 aromatic heterocycles. The Labute approximate surface area is 205 Å². The van der Waals surface area contributed by atoms with Gasteiger partial charge in [-0.1, -0.05) is 23.2 Å². The number of anilines is 1. The highest BCUT2D eigenvalue weighted by Crippen LogP contribution is 2.37. The van der Waals surface area contributed by atoms with Crippen molar-refractivity contribution in [2.75, 3.05) is 11.4 Å². The van der Waals surface area contributed by atoms with E-state index < -0.39 is 11.9 Å². The van der Waals surface area contributed by atoms with Gasteiger partial charge in [0.15, 0.2) is 11.6 Å². The minimum Gasteiger partial charge on any atom is -0.483 e. The van der Waals surface area contributed by atoms with Gasteiger partial charge in [0, 0.05) is 53.8 Å². The quantitative estimate of drug-likeness (QED) is 0.360. The maximum atomic E-state index is 14.8. The lowest BCUT2D eigenvalue weighted by molar-refractivity contribution is 0.217. The summed E-state index contributed by atoms with van der Waals surface area (Å²) in [6.45, 7) is 4.70. The summed E-state index contributed by atoms with van der Waals surface area (Å²) in [4.78, 5) is 10.6. The molecule has 4 aromatic rings. The topological polar surface area (TPSA) is 90.7 Å². The second-order valence-corrected chi connectivity index (χ2v) is 9.03. The third-order valence-electron chi connectivity index (χ3n) is 6.07. The Bertz CT molecular complexity index is 1430. The van der Waals surface area contributed by atoms with Crippen LogP contribution in [-0.4, -0.2) is 32.8 Å². The number of hydrogen-bond acceptors (Lipinski definition) is 6. The van der Waals surface area contributed by atoms with Crippen LogP contribution in [0.3, 0.4) is 0 Å². The van der Waals surface area contributed by atoms with Crippen molar-refractivity contribution in [1.29, 1.82) is 5.26 Å². The summed E-state index contributed by atoms with van der Waals surface area (Å²) < 4.78 is 20.7. The van der Waals surface area contributed by atoms with Gasteiger partial charge in [-0.2, -0.15) is 10.4 Å². The van der Waals surface area contributed by atoms with Gasteiger partial charge in [0.25, 0.3) is 0 Å². The second kappa shape index (κ2) is 8.75. The number of aromatic amines is 1. The Hall–Kier alpha value is -3.41. The summed E-state index contributed by atoms with van der Waals surface area (Å²) in [6.07, 6.45) is 5.04. The number of aromatic nitrogens is 4. The first kappa shape index (κ1) is 22.4. The molecule has 10 heteroatoms. The van der Waals surface area contributed by atoms with E-state index in [1.54, 1.807) is 25.3 Å². The van der Waals surface area contributed by atoms with Gasteiger partial charge in [0.2, 0.25) is 0 Å². The highest BCUT2D eigenvalue weighted by atomic mass is 35.5. The van der Waals surface area contributed by atoms with Crippen molar-refractivity contribution in [2.45, 2.75) is 32.4 Å². The van der Waals surface area contributed by atoms with Crippen LogP contribution >= 0.6 is 23.2 Å². The minimum absolute atomic E-state index is 0.0195. The Kier molecular flexibility index (Phi) is 5.76. The molecule has 0 amide bonds. The zero-order valence-corrected chi connectivity index (χ0v) is 19.8. The number of nitrogens with zero attached hydrogens (tertiary/aromatic N) is 5. The van der Waals surface area contributed by atoms with Crippen molar-refractivity contribution < 1.29 is 9.13 Å². The van der Waals surface area contributed by atoms with Crippen LogP contribution in [0.4, 0.5) is 10.2 Å². The molecule has 1 aliphatic heterocycles. The van der Waals surface area contributed by atoms with E-state index in [0.29, 0.717) is 55.2 Å². The predicted octanol–water partition coefficient (Wildman–Crippen LogP) is 6.08. The molecule has 172 valence electrons. The highest BCUT2D eigenvalue weighted by molar-refractivity contribution is 6.35. The fourth-order valence-electron chi connectivity index (χ4n) is 4.12. The fourth-order valence-corrected chi connectivity index (χ4v) is 4.79. The Morgan fingerprint density at radius 2 is 2.00 bits per heavy atom. The molecule has 1 aliphatic rings. The normalized spacial score (nSPS) is 16.2. The number of hydrogen-bond donors (Lipinski definition) is 1. The van der Waals surface area contributed by atoms with Crippen molar-refractivity contribution in [3.05, 3.63) is 63.8 Å². The molecular formula is C24H19Cl2FN6O. The molecule has 0 bridgehead atoms. The van der Waals surface area contributed by atoms with Gasteiger partial charge >= 0.3 is 0 Å². The molecule has 0 unspecified atom stereocenters. The monoisotopic (exact) mass is 496 g/mol. The number of benzene rings is 1. The zero-order chi connectivity index (χ0) is 24.0. The molecule has 0 aliphatic carbocycles. The van der Waals surface area contributed by atoms with Crippen molar-refractivity contribution in [2.24, 2.45) is 0 Å². The standard InChI is InChI=1S/C24H19Cl2FN6O/c1-12-3-4-33(12)24-14(8-28)5-15(9-30-24)23-16-6-21(19(27)7-20(16)31-32-23)34-13(2)22-17(25)10-29-11-18(22)26/h5-7,9-13H,3-4H2,1-2H3,(H,31,32)/t12-,13-/m1/s1. The third-order valence-corrected chi connectivity index (χ3v) is 6.67. The van der Waals surface area contributed by atoms with Gasteiger partial charge < -0.3 is 9.64 Å². The molecule has 34 heavy (non-hydrogen) atoms. The van der Waals surface area contributed by atoms with Crippen LogP contribution in [-0.2, 0) is 0 Å². The van der Waals surface area contributed by atoms with Crippen LogP contribution in [0.25, 0.3) is 22.2 Å². The summed E-state index contributed by atoms with van der Waals surface area (Å²) >= 11 is 12.5. The van der Waals surface area contributed by atoms with Crippen LogP contribution in [0.15, 0.2) is 36.8 Å². The van der Waals surface area contributed by atoms with Gasteiger partial charge in [0.05, 0.1) is 21.1 Å². The molecule has 1 aromatic carbocycles. The van der Waals surface area contributed by atoms with E-state index in [-0.39, 0.29) is 5.75 Å². The van der Waals surface area contributed by atoms with Crippen molar-refractivity contribution >= 4 is 39.9 Å². The largest absolute Gasteiger partial charge is 0.483 e. The third kappa shape index (κ3) is 3.81. The molecule has 4 heterocycles. The van der Waals surface area contributed by atoms with Gasteiger partial charge in [-0.15, -0.1) is 0 Å².